The number of aromatic nitrogens is 2. The number of carbonyl (C=O) groups excluding carboxylic acids is 2. The molecule has 0 radical (unpaired) electrons. The molecule has 1 aromatic heterocycles. The Balaban J connectivity index is 2.17. The molecule has 30 heavy (non-hydrogen) atoms. The van der Waals surface area contributed by atoms with Gasteiger partial charge in [-0.15, -0.1) is 5.10 Å². The van der Waals surface area contributed by atoms with Gasteiger partial charge in [0.2, 0.25) is 5.91 Å². The Morgan fingerprint density at radius 3 is 2.43 bits per heavy atom. The summed E-state index contributed by atoms with van der Waals surface area (Å²) in [6.45, 7) is 5.69. The summed E-state index contributed by atoms with van der Waals surface area (Å²) in [7, 11) is 1.55. The largest absolute Gasteiger partial charge is 0.497 e. The van der Waals surface area contributed by atoms with Crippen molar-refractivity contribution in [1.82, 2.24) is 14.9 Å². The number of anilines is 1. The van der Waals surface area contributed by atoms with E-state index in [4.69, 9.17) is 4.74 Å². The third-order valence-corrected chi connectivity index (χ3v) is 4.75. The second-order valence-electron chi connectivity index (χ2n) is 7.72. The van der Waals surface area contributed by atoms with E-state index < -0.39 is 17.5 Å². The van der Waals surface area contributed by atoms with Crippen molar-refractivity contribution in [3.05, 3.63) is 71.2 Å². The zero-order valence-electron chi connectivity index (χ0n) is 17.3. The van der Waals surface area contributed by atoms with Crippen LogP contribution in [0.2, 0.25) is 0 Å². The van der Waals surface area contributed by atoms with Crippen LogP contribution in [0.5, 0.6) is 5.75 Å². The normalized spacial score (nSPS) is 12.1. The average molecular weight is 425 g/mol. The molecule has 0 unspecified atom stereocenters. The number of nitrogens with one attached hydrogen (secondary N) is 1. The fourth-order valence-electron chi connectivity index (χ4n) is 3.02. The topological polar surface area (TPSA) is 84.4 Å². The first kappa shape index (κ1) is 21.4. The minimum Gasteiger partial charge on any atom is -0.497 e. The van der Waals surface area contributed by atoms with Gasteiger partial charge in [0.15, 0.2) is 5.69 Å². The van der Waals surface area contributed by atoms with E-state index in [2.05, 4.69) is 14.9 Å². The first-order chi connectivity index (χ1) is 14.3. The summed E-state index contributed by atoms with van der Waals surface area (Å²) < 4.78 is 9.15. The van der Waals surface area contributed by atoms with Crippen LogP contribution in [0.15, 0.2) is 60.0 Å². The molecule has 0 aliphatic heterocycles. The van der Waals surface area contributed by atoms with E-state index in [0.717, 1.165) is 11.5 Å². The molecule has 3 rings (SSSR count). The number of ether oxygens (including phenoxy) is 1. The summed E-state index contributed by atoms with van der Waals surface area (Å²) in [5.74, 6) is -0.146. The van der Waals surface area contributed by atoms with Gasteiger partial charge >= 0.3 is 0 Å². The van der Waals surface area contributed by atoms with Gasteiger partial charge in [0.1, 0.15) is 11.8 Å². The van der Waals surface area contributed by atoms with E-state index in [0.29, 0.717) is 17.0 Å². The maximum absolute atomic E-state index is 13.5. The number of methoxy groups -OCH3 is 1. The maximum Gasteiger partial charge on any atom is 0.280 e. The highest BCUT2D eigenvalue weighted by atomic mass is 32.1. The van der Waals surface area contributed by atoms with E-state index in [9.17, 15) is 9.59 Å². The van der Waals surface area contributed by atoms with Gasteiger partial charge in [0, 0.05) is 22.7 Å². The van der Waals surface area contributed by atoms with Crippen molar-refractivity contribution >= 4 is 29.0 Å². The number of hydrogen-bond donors (Lipinski definition) is 1. The van der Waals surface area contributed by atoms with Crippen molar-refractivity contribution in [3.8, 4) is 5.75 Å². The quantitative estimate of drug-likeness (QED) is 0.650. The van der Waals surface area contributed by atoms with Crippen molar-refractivity contribution in [2.24, 2.45) is 0 Å². The Bertz CT molecular complexity index is 1000. The van der Waals surface area contributed by atoms with Crippen LogP contribution in [0.4, 0.5) is 5.69 Å². The van der Waals surface area contributed by atoms with Crippen molar-refractivity contribution in [3.63, 3.8) is 0 Å². The summed E-state index contributed by atoms with van der Waals surface area (Å²) in [6.07, 6.45) is 0. The van der Waals surface area contributed by atoms with E-state index in [1.54, 1.807) is 36.8 Å². The molecule has 0 saturated heterocycles. The third kappa shape index (κ3) is 5.01. The second-order valence-corrected chi connectivity index (χ2v) is 8.33. The van der Waals surface area contributed by atoms with Gasteiger partial charge in [-0.1, -0.05) is 40.9 Å². The number of benzene rings is 2. The standard InChI is InChI=1S/C22H24N4O3S/c1-22(2,3)23-20(27)19(15-9-6-5-7-10-15)26(21(28)18-14-30-25-24-18)16-11-8-12-17(13-16)29-4/h5-14,19H,1-4H3,(H,23,27)/t19-/m1/s1. The molecule has 2 amide bonds. The van der Waals surface area contributed by atoms with Crippen LogP contribution in [0, 0.1) is 0 Å². The predicted octanol–water partition coefficient (Wildman–Crippen LogP) is 3.85. The first-order valence-corrected chi connectivity index (χ1v) is 10.3. The second kappa shape index (κ2) is 9.04. The van der Waals surface area contributed by atoms with Crippen LogP contribution in [-0.4, -0.2) is 34.1 Å². The van der Waals surface area contributed by atoms with Gasteiger partial charge in [-0.25, -0.2) is 0 Å². The lowest BCUT2D eigenvalue weighted by atomic mass is 10.0. The van der Waals surface area contributed by atoms with E-state index in [1.807, 2.05) is 51.1 Å². The number of amides is 2. The van der Waals surface area contributed by atoms with Gasteiger partial charge in [0.25, 0.3) is 5.91 Å². The molecule has 7 nitrogen and oxygen atoms in total. The molecular formula is C22H24N4O3S. The smallest absolute Gasteiger partial charge is 0.280 e. The molecule has 2 aromatic carbocycles. The average Bonchev–Trinajstić information content (AvgIpc) is 3.25. The molecule has 0 saturated carbocycles. The van der Waals surface area contributed by atoms with Crippen molar-refractivity contribution in [2.45, 2.75) is 32.4 Å². The van der Waals surface area contributed by atoms with Crippen molar-refractivity contribution in [2.75, 3.05) is 12.0 Å². The molecule has 1 atom stereocenters. The monoisotopic (exact) mass is 424 g/mol. The van der Waals surface area contributed by atoms with Crippen LogP contribution in [0.1, 0.15) is 42.9 Å². The fraction of sp³-hybridized carbons (Fsp3) is 0.273. The first-order valence-electron chi connectivity index (χ1n) is 9.42. The zero-order chi connectivity index (χ0) is 21.7. The number of carbonyl (C=O) groups is 2. The highest BCUT2D eigenvalue weighted by molar-refractivity contribution is 7.03. The summed E-state index contributed by atoms with van der Waals surface area (Å²) in [6, 6.07) is 15.3. The molecule has 0 spiro atoms. The van der Waals surface area contributed by atoms with Crippen LogP contribution < -0.4 is 15.0 Å². The van der Waals surface area contributed by atoms with Gasteiger partial charge in [0.05, 0.1) is 7.11 Å². The molecule has 1 N–H and O–H groups in total. The molecular weight excluding hydrogens is 400 g/mol. The summed E-state index contributed by atoms with van der Waals surface area (Å²) in [5.41, 5.74) is 0.895. The van der Waals surface area contributed by atoms with Crippen molar-refractivity contribution < 1.29 is 14.3 Å². The van der Waals surface area contributed by atoms with Gasteiger partial charge in [-0.2, -0.15) is 0 Å². The summed E-state index contributed by atoms with van der Waals surface area (Å²) >= 11 is 1.08. The zero-order valence-corrected chi connectivity index (χ0v) is 18.1. The summed E-state index contributed by atoms with van der Waals surface area (Å²) in [5, 5.41) is 8.50. The molecule has 0 bridgehead atoms. The SMILES string of the molecule is COc1cccc(N(C(=O)c2csnn2)[C@@H](C(=O)NC(C)(C)C)c2ccccc2)c1. The molecule has 1 heterocycles. The minimum atomic E-state index is -0.910. The fourth-order valence-corrected chi connectivity index (χ4v) is 3.45. The lowest BCUT2D eigenvalue weighted by Crippen LogP contribution is -2.49. The highest BCUT2D eigenvalue weighted by Gasteiger charge is 2.35. The summed E-state index contributed by atoms with van der Waals surface area (Å²) in [4.78, 5) is 28.4. The molecule has 0 aliphatic carbocycles. The predicted molar refractivity (Wildman–Crippen MR) is 117 cm³/mol. The van der Waals surface area contributed by atoms with Crippen LogP contribution in [-0.2, 0) is 4.79 Å². The van der Waals surface area contributed by atoms with E-state index >= 15 is 0 Å². The molecule has 0 aliphatic rings. The lowest BCUT2D eigenvalue weighted by Gasteiger charge is -2.33. The Labute approximate surface area is 179 Å². The van der Waals surface area contributed by atoms with E-state index in [1.165, 1.54) is 4.90 Å². The van der Waals surface area contributed by atoms with Crippen LogP contribution in [0.3, 0.4) is 0 Å². The highest BCUT2D eigenvalue weighted by Crippen LogP contribution is 2.32. The number of rotatable bonds is 6. The van der Waals surface area contributed by atoms with Gasteiger partial charge in [-0.05, 0) is 50.0 Å². The molecule has 156 valence electrons. The Morgan fingerprint density at radius 2 is 1.83 bits per heavy atom. The Morgan fingerprint density at radius 1 is 1.10 bits per heavy atom. The minimum absolute atomic E-state index is 0.173. The molecule has 8 heteroatoms. The Hall–Kier alpha value is -3.26. The Kier molecular flexibility index (Phi) is 6.47. The van der Waals surface area contributed by atoms with Crippen LogP contribution >= 0.6 is 11.5 Å². The van der Waals surface area contributed by atoms with Gasteiger partial charge in [-0.3, -0.25) is 14.5 Å². The third-order valence-electron chi connectivity index (χ3n) is 4.25. The van der Waals surface area contributed by atoms with E-state index in [-0.39, 0.29) is 11.6 Å². The molecule has 0 fully saturated rings. The molecule has 3 aromatic rings. The van der Waals surface area contributed by atoms with Crippen molar-refractivity contribution in [1.29, 1.82) is 0 Å². The maximum atomic E-state index is 13.5. The number of nitrogens with zero attached hydrogens (tertiary/aromatic N) is 3. The lowest BCUT2D eigenvalue weighted by molar-refractivity contribution is -0.123. The number of hydrogen-bond acceptors (Lipinski definition) is 6. The van der Waals surface area contributed by atoms with Gasteiger partial charge < -0.3 is 10.1 Å². The van der Waals surface area contributed by atoms with Crippen LogP contribution in [0.25, 0.3) is 0 Å².